The molecule has 0 amide bonds. The molecule has 0 bridgehead atoms. The SMILES string of the molecule is Fc1ccnc(C(c2cc3cc(F)ccc3[nH]2)N2CCNCC2)c1. The van der Waals surface area contributed by atoms with E-state index >= 15 is 0 Å². The van der Waals surface area contributed by atoms with Crippen molar-refractivity contribution >= 4 is 10.9 Å². The van der Waals surface area contributed by atoms with Crippen LogP contribution in [0.2, 0.25) is 0 Å². The van der Waals surface area contributed by atoms with Gasteiger partial charge in [-0.3, -0.25) is 9.88 Å². The Morgan fingerprint density at radius 2 is 1.79 bits per heavy atom. The van der Waals surface area contributed by atoms with E-state index in [4.69, 9.17) is 0 Å². The number of nitrogens with one attached hydrogen (secondary N) is 2. The number of rotatable bonds is 3. The smallest absolute Gasteiger partial charge is 0.126 e. The van der Waals surface area contributed by atoms with Crippen LogP contribution in [-0.2, 0) is 0 Å². The first kappa shape index (κ1) is 15.2. The second-order valence-corrected chi connectivity index (χ2v) is 6.04. The summed E-state index contributed by atoms with van der Waals surface area (Å²) in [4.78, 5) is 9.99. The Balaban J connectivity index is 1.80. The number of H-pyrrole nitrogens is 1. The van der Waals surface area contributed by atoms with Crippen molar-refractivity contribution in [2.45, 2.75) is 6.04 Å². The Morgan fingerprint density at radius 1 is 1.00 bits per heavy atom. The molecule has 0 aliphatic carbocycles. The van der Waals surface area contributed by atoms with Gasteiger partial charge in [0.05, 0.1) is 11.7 Å². The Hall–Kier alpha value is -2.31. The van der Waals surface area contributed by atoms with E-state index in [1.807, 2.05) is 6.07 Å². The van der Waals surface area contributed by atoms with E-state index in [1.165, 1.54) is 30.5 Å². The Kier molecular flexibility index (Phi) is 4.00. The van der Waals surface area contributed by atoms with Crippen molar-refractivity contribution in [2.75, 3.05) is 26.2 Å². The molecule has 3 heterocycles. The molecule has 24 heavy (non-hydrogen) atoms. The molecule has 0 saturated carbocycles. The van der Waals surface area contributed by atoms with E-state index in [0.29, 0.717) is 5.69 Å². The molecule has 2 aromatic heterocycles. The summed E-state index contributed by atoms with van der Waals surface area (Å²) in [5.41, 5.74) is 2.42. The first-order valence-electron chi connectivity index (χ1n) is 8.05. The fourth-order valence-corrected chi connectivity index (χ4v) is 3.33. The van der Waals surface area contributed by atoms with Gasteiger partial charge in [-0.15, -0.1) is 0 Å². The van der Waals surface area contributed by atoms with Gasteiger partial charge < -0.3 is 10.3 Å². The van der Waals surface area contributed by atoms with Crippen LogP contribution in [0.15, 0.2) is 42.6 Å². The van der Waals surface area contributed by atoms with Gasteiger partial charge in [0.1, 0.15) is 11.6 Å². The molecular formula is C18H18F2N4. The van der Waals surface area contributed by atoms with Crippen LogP contribution in [0.3, 0.4) is 0 Å². The number of aromatic amines is 1. The van der Waals surface area contributed by atoms with Gasteiger partial charge in [-0.2, -0.15) is 0 Å². The first-order chi connectivity index (χ1) is 11.7. The molecule has 1 aliphatic rings. The summed E-state index contributed by atoms with van der Waals surface area (Å²) in [5, 5.41) is 4.13. The molecule has 3 aromatic rings. The minimum Gasteiger partial charge on any atom is -0.357 e. The maximum absolute atomic E-state index is 13.7. The van der Waals surface area contributed by atoms with Gasteiger partial charge in [-0.05, 0) is 36.4 Å². The van der Waals surface area contributed by atoms with E-state index in [-0.39, 0.29) is 17.7 Å². The van der Waals surface area contributed by atoms with Gasteiger partial charge in [0.2, 0.25) is 0 Å². The molecule has 4 rings (SSSR count). The van der Waals surface area contributed by atoms with Crippen LogP contribution in [0.1, 0.15) is 17.4 Å². The number of hydrogen-bond donors (Lipinski definition) is 2. The van der Waals surface area contributed by atoms with Crippen molar-refractivity contribution in [1.82, 2.24) is 20.2 Å². The van der Waals surface area contributed by atoms with Gasteiger partial charge in [-0.25, -0.2) is 8.78 Å². The molecule has 1 aromatic carbocycles. The number of fused-ring (bicyclic) bond motifs is 1. The summed E-state index contributed by atoms with van der Waals surface area (Å²) in [6.07, 6.45) is 1.49. The van der Waals surface area contributed by atoms with Gasteiger partial charge in [0.15, 0.2) is 0 Å². The zero-order valence-corrected chi connectivity index (χ0v) is 13.1. The van der Waals surface area contributed by atoms with E-state index < -0.39 is 0 Å². The normalized spacial score (nSPS) is 17.2. The van der Waals surface area contributed by atoms with Crippen molar-refractivity contribution in [3.63, 3.8) is 0 Å². The third kappa shape index (κ3) is 2.90. The van der Waals surface area contributed by atoms with Gasteiger partial charge >= 0.3 is 0 Å². The zero-order chi connectivity index (χ0) is 16.5. The van der Waals surface area contributed by atoms with Crippen molar-refractivity contribution in [3.8, 4) is 0 Å². The van der Waals surface area contributed by atoms with E-state index in [1.54, 1.807) is 6.07 Å². The summed E-state index contributed by atoms with van der Waals surface area (Å²) in [5.74, 6) is -0.571. The lowest BCUT2D eigenvalue weighted by Gasteiger charge is -2.34. The lowest BCUT2D eigenvalue weighted by molar-refractivity contribution is 0.193. The number of nitrogens with zero attached hydrogens (tertiary/aromatic N) is 2. The monoisotopic (exact) mass is 328 g/mol. The fraction of sp³-hybridized carbons (Fsp3) is 0.278. The van der Waals surface area contributed by atoms with Crippen LogP contribution < -0.4 is 5.32 Å². The minimum absolute atomic E-state index is 0.182. The Labute approximate surface area is 138 Å². The van der Waals surface area contributed by atoms with Crippen LogP contribution in [0.5, 0.6) is 0 Å². The molecule has 0 spiro atoms. The maximum atomic E-state index is 13.7. The average Bonchev–Trinajstić information content (AvgIpc) is 2.98. The Bertz CT molecular complexity index is 855. The number of benzene rings is 1. The largest absolute Gasteiger partial charge is 0.357 e. The fourth-order valence-electron chi connectivity index (χ4n) is 3.33. The molecule has 1 fully saturated rings. The highest BCUT2D eigenvalue weighted by atomic mass is 19.1. The maximum Gasteiger partial charge on any atom is 0.126 e. The van der Waals surface area contributed by atoms with Crippen LogP contribution in [0, 0.1) is 11.6 Å². The summed E-state index contributed by atoms with van der Waals surface area (Å²) >= 11 is 0. The highest BCUT2D eigenvalue weighted by molar-refractivity contribution is 5.80. The predicted octanol–water partition coefficient (Wildman–Crippen LogP) is 2.84. The van der Waals surface area contributed by atoms with Gasteiger partial charge in [0.25, 0.3) is 0 Å². The number of pyridine rings is 1. The van der Waals surface area contributed by atoms with Crippen molar-refractivity contribution in [1.29, 1.82) is 0 Å². The molecule has 1 unspecified atom stereocenters. The number of halogens is 2. The van der Waals surface area contributed by atoms with Gasteiger partial charge in [-0.1, -0.05) is 0 Å². The average molecular weight is 328 g/mol. The highest BCUT2D eigenvalue weighted by Crippen LogP contribution is 2.30. The summed E-state index contributed by atoms with van der Waals surface area (Å²) in [6.45, 7) is 3.43. The molecule has 1 aliphatic heterocycles. The van der Waals surface area contributed by atoms with E-state index in [2.05, 4.69) is 20.2 Å². The standard InChI is InChI=1S/C18H18F2N4/c19-13-1-2-15-12(9-13)10-17(23-15)18(24-7-5-21-6-8-24)16-11-14(20)3-4-22-16/h1-4,9-11,18,21,23H,5-8H2. The molecule has 6 heteroatoms. The van der Waals surface area contributed by atoms with E-state index in [9.17, 15) is 8.78 Å². The molecule has 0 radical (unpaired) electrons. The van der Waals surface area contributed by atoms with Crippen molar-refractivity contribution < 1.29 is 8.78 Å². The molecule has 124 valence electrons. The summed E-state index contributed by atoms with van der Waals surface area (Å²) in [6, 6.07) is 9.22. The quantitative estimate of drug-likeness (QED) is 0.777. The minimum atomic E-state index is -0.303. The predicted molar refractivity (Wildman–Crippen MR) is 88.7 cm³/mol. The molecular weight excluding hydrogens is 310 g/mol. The molecule has 4 nitrogen and oxygen atoms in total. The molecule has 1 atom stereocenters. The second-order valence-electron chi connectivity index (χ2n) is 6.04. The third-order valence-electron chi connectivity index (χ3n) is 4.44. The lowest BCUT2D eigenvalue weighted by atomic mass is 10.1. The first-order valence-corrected chi connectivity index (χ1v) is 8.05. The summed E-state index contributed by atoms with van der Waals surface area (Å²) in [7, 11) is 0. The van der Waals surface area contributed by atoms with Crippen LogP contribution in [-0.4, -0.2) is 41.0 Å². The highest BCUT2D eigenvalue weighted by Gasteiger charge is 2.26. The molecule has 2 N–H and O–H groups in total. The molecule has 1 saturated heterocycles. The van der Waals surface area contributed by atoms with Gasteiger partial charge in [0, 0.05) is 49.0 Å². The number of piperazine rings is 1. The van der Waals surface area contributed by atoms with Crippen LogP contribution in [0.25, 0.3) is 10.9 Å². The zero-order valence-electron chi connectivity index (χ0n) is 13.1. The topological polar surface area (TPSA) is 44.0 Å². The lowest BCUT2D eigenvalue weighted by Crippen LogP contribution is -2.45. The number of aromatic nitrogens is 2. The van der Waals surface area contributed by atoms with Crippen molar-refractivity contribution in [3.05, 3.63) is 65.6 Å². The summed E-state index contributed by atoms with van der Waals surface area (Å²) < 4.78 is 27.2. The van der Waals surface area contributed by atoms with E-state index in [0.717, 1.165) is 42.8 Å². The van der Waals surface area contributed by atoms with Crippen molar-refractivity contribution in [2.24, 2.45) is 0 Å². The second kappa shape index (κ2) is 6.30. The van der Waals surface area contributed by atoms with Crippen LogP contribution >= 0.6 is 0 Å². The third-order valence-corrected chi connectivity index (χ3v) is 4.44. The number of hydrogen-bond acceptors (Lipinski definition) is 3. The Morgan fingerprint density at radius 3 is 2.58 bits per heavy atom. The van der Waals surface area contributed by atoms with Crippen LogP contribution in [0.4, 0.5) is 8.78 Å².